The Morgan fingerprint density at radius 2 is 2.25 bits per heavy atom. The highest BCUT2D eigenvalue weighted by Crippen LogP contribution is 2.25. The lowest BCUT2D eigenvalue weighted by Gasteiger charge is -2.04. The minimum atomic E-state index is 0.710. The molecule has 0 aromatic carbocycles. The van der Waals surface area contributed by atoms with Gasteiger partial charge in [-0.25, -0.2) is 4.98 Å². The minimum absolute atomic E-state index is 0.710. The summed E-state index contributed by atoms with van der Waals surface area (Å²) >= 11 is 1.72. The first-order chi connectivity index (χ1) is 7.93. The van der Waals surface area contributed by atoms with Gasteiger partial charge in [0.05, 0.1) is 12.2 Å². The highest BCUT2D eigenvalue weighted by molar-refractivity contribution is 7.17. The van der Waals surface area contributed by atoms with Crippen LogP contribution in [0.1, 0.15) is 5.69 Å². The van der Waals surface area contributed by atoms with Crippen LogP contribution in [0.3, 0.4) is 0 Å². The van der Waals surface area contributed by atoms with Gasteiger partial charge in [0.2, 0.25) is 0 Å². The fourth-order valence-electron chi connectivity index (χ4n) is 1.60. The average Bonchev–Trinajstić information content (AvgIpc) is 2.97. The Kier molecular flexibility index (Phi) is 2.30. The molecule has 80 valence electrons. The van der Waals surface area contributed by atoms with Crippen LogP contribution in [-0.2, 0) is 6.54 Å². The van der Waals surface area contributed by atoms with Gasteiger partial charge >= 0.3 is 0 Å². The Hall–Kier alpha value is -1.88. The topological polar surface area (TPSA) is 53.6 Å². The van der Waals surface area contributed by atoms with Crippen LogP contribution in [0.4, 0.5) is 5.82 Å². The van der Waals surface area contributed by atoms with Crippen LogP contribution in [0.2, 0.25) is 0 Å². The van der Waals surface area contributed by atoms with Gasteiger partial charge in [-0.15, -0.1) is 11.3 Å². The van der Waals surface area contributed by atoms with Crippen molar-refractivity contribution >= 4 is 27.2 Å². The molecule has 0 atom stereocenters. The molecule has 0 aliphatic heterocycles. The predicted molar refractivity (Wildman–Crippen MR) is 65.5 cm³/mol. The number of nitrogens with one attached hydrogen (secondary N) is 2. The predicted octanol–water partition coefficient (Wildman–Crippen LogP) is 2.63. The zero-order valence-electron chi connectivity index (χ0n) is 8.47. The number of nitrogens with zero attached hydrogens (tertiary/aromatic N) is 2. The van der Waals surface area contributed by atoms with Crippen LogP contribution in [0.25, 0.3) is 10.1 Å². The van der Waals surface area contributed by atoms with E-state index in [-0.39, 0.29) is 0 Å². The fraction of sp³-hybridized carbons (Fsp3) is 0.0909. The van der Waals surface area contributed by atoms with Crippen molar-refractivity contribution in [1.82, 2.24) is 15.2 Å². The normalized spacial score (nSPS) is 10.8. The summed E-state index contributed by atoms with van der Waals surface area (Å²) < 4.78 is 1.25. The third kappa shape index (κ3) is 1.65. The summed E-state index contributed by atoms with van der Waals surface area (Å²) in [6.45, 7) is 0.710. The first-order valence-corrected chi connectivity index (χ1v) is 5.86. The molecule has 0 spiro atoms. The van der Waals surface area contributed by atoms with E-state index in [2.05, 4.69) is 31.9 Å². The van der Waals surface area contributed by atoms with Gasteiger partial charge < -0.3 is 5.32 Å². The van der Waals surface area contributed by atoms with Crippen LogP contribution >= 0.6 is 11.3 Å². The van der Waals surface area contributed by atoms with E-state index in [1.165, 1.54) is 10.1 Å². The van der Waals surface area contributed by atoms with Crippen molar-refractivity contribution in [1.29, 1.82) is 0 Å². The second-order valence-electron chi connectivity index (χ2n) is 3.43. The van der Waals surface area contributed by atoms with E-state index in [1.54, 1.807) is 17.5 Å². The maximum atomic E-state index is 4.34. The van der Waals surface area contributed by atoms with E-state index in [0.29, 0.717) is 6.54 Å². The summed E-state index contributed by atoms with van der Waals surface area (Å²) in [5.74, 6) is 0.924. The average molecular weight is 230 g/mol. The highest BCUT2D eigenvalue weighted by atomic mass is 32.1. The Labute approximate surface area is 96.3 Å². The van der Waals surface area contributed by atoms with Crippen molar-refractivity contribution in [2.45, 2.75) is 6.54 Å². The molecule has 0 amide bonds. The Bertz CT molecular complexity index is 585. The molecule has 0 unspecified atom stereocenters. The third-order valence-electron chi connectivity index (χ3n) is 2.38. The van der Waals surface area contributed by atoms with Gasteiger partial charge in [-0.3, -0.25) is 5.10 Å². The van der Waals surface area contributed by atoms with E-state index in [4.69, 9.17) is 0 Å². The van der Waals surface area contributed by atoms with Crippen molar-refractivity contribution in [2.75, 3.05) is 5.32 Å². The molecular formula is C11H10N4S. The SMILES string of the molecule is c1cc(CNc2nccc3sccc23)[nH]n1. The molecule has 0 radical (unpaired) electrons. The zero-order valence-corrected chi connectivity index (χ0v) is 9.29. The fourth-order valence-corrected chi connectivity index (χ4v) is 2.38. The number of pyridine rings is 1. The molecule has 2 N–H and O–H groups in total. The van der Waals surface area contributed by atoms with Gasteiger partial charge in [0.15, 0.2) is 0 Å². The summed E-state index contributed by atoms with van der Waals surface area (Å²) in [5.41, 5.74) is 1.05. The Balaban J connectivity index is 1.86. The maximum Gasteiger partial charge on any atom is 0.134 e. The molecule has 0 fully saturated rings. The van der Waals surface area contributed by atoms with Crippen molar-refractivity contribution in [3.05, 3.63) is 41.7 Å². The lowest BCUT2D eigenvalue weighted by molar-refractivity contribution is 0.976. The van der Waals surface area contributed by atoms with Gasteiger partial charge in [-0.05, 0) is 23.6 Å². The molecule has 16 heavy (non-hydrogen) atoms. The second kappa shape index (κ2) is 3.94. The lowest BCUT2D eigenvalue weighted by atomic mass is 10.3. The number of H-pyrrole nitrogens is 1. The molecular weight excluding hydrogens is 220 g/mol. The molecule has 0 bridgehead atoms. The van der Waals surface area contributed by atoms with Crippen molar-refractivity contribution in [2.24, 2.45) is 0 Å². The molecule has 4 nitrogen and oxygen atoms in total. The number of thiophene rings is 1. The molecule has 0 aliphatic carbocycles. The summed E-state index contributed by atoms with van der Waals surface area (Å²) in [4.78, 5) is 4.34. The number of fused-ring (bicyclic) bond motifs is 1. The number of aromatic amines is 1. The standard InChI is InChI=1S/C11H10N4S/c1-5-14-15-8(1)7-13-11-9-3-6-16-10(9)2-4-12-11/h1-6H,7H2,(H,12,13)(H,14,15). The van der Waals surface area contributed by atoms with Crippen LogP contribution in [0.15, 0.2) is 36.0 Å². The molecule has 3 rings (SSSR count). The van der Waals surface area contributed by atoms with Gasteiger partial charge in [0, 0.05) is 22.5 Å². The van der Waals surface area contributed by atoms with E-state index in [0.717, 1.165) is 11.5 Å². The first-order valence-electron chi connectivity index (χ1n) is 4.98. The summed E-state index contributed by atoms with van der Waals surface area (Å²) in [6.07, 6.45) is 3.57. The first kappa shape index (κ1) is 9.35. The van der Waals surface area contributed by atoms with Crippen LogP contribution < -0.4 is 5.32 Å². The number of aromatic nitrogens is 3. The zero-order chi connectivity index (χ0) is 10.8. The van der Waals surface area contributed by atoms with Crippen LogP contribution in [-0.4, -0.2) is 15.2 Å². The molecule has 3 aromatic heterocycles. The quantitative estimate of drug-likeness (QED) is 0.727. The van der Waals surface area contributed by atoms with Gasteiger partial charge in [-0.1, -0.05) is 0 Å². The van der Waals surface area contributed by atoms with Crippen LogP contribution in [0, 0.1) is 0 Å². The number of hydrogen-bond donors (Lipinski definition) is 2. The van der Waals surface area contributed by atoms with Crippen LogP contribution in [0.5, 0.6) is 0 Å². The molecule has 0 saturated heterocycles. The summed E-state index contributed by atoms with van der Waals surface area (Å²) in [6, 6.07) is 6.06. The van der Waals surface area contributed by atoms with Crippen molar-refractivity contribution in [3.8, 4) is 0 Å². The number of anilines is 1. The smallest absolute Gasteiger partial charge is 0.134 e. The lowest BCUT2D eigenvalue weighted by Crippen LogP contribution is -2.01. The molecule has 3 heterocycles. The van der Waals surface area contributed by atoms with E-state index < -0.39 is 0 Å². The number of hydrogen-bond acceptors (Lipinski definition) is 4. The summed E-state index contributed by atoms with van der Waals surface area (Å²) in [7, 11) is 0. The molecule has 0 aliphatic rings. The van der Waals surface area contributed by atoms with Crippen molar-refractivity contribution in [3.63, 3.8) is 0 Å². The largest absolute Gasteiger partial charge is 0.364 e. The Morgan fingerprint density at radius 1 is 1.25 bits per heavy atom. The monoisotopic (exact) mass is 230 g/mol. The van der Waals surface area contributed by atoms with E-state index in [9.17, 15) is 0 Å². The van der Waals surface area contributed by atoms with Crippen molar-refractivity contribution < 1.29 is 0 Å². The van der Waals surface area contributed by atoms with Gasteiger partial charge in [-0.2, -0.15) is 5.10 Å². The second-order valence-corrected chi connectivity index (χ2v) is 4.38. The molecule has 3 aromatic rings. The summed E-state index contributed by atoms with van der Waals surface area (Å²) in [5, 5.41) is 13.4. The van der Waals surface area contributed by atoms with E-state index >= 15 is 0 Å². The number of rotatable bonds is 3. The molecule has 0 saturated carbocycles. The Morgan fingerprint density at radius 3 is 3.12 bits per heavy atom. The third-order valence-corrected chi connectivity index (χ3v) is 3.27. The molecule has 5 heteroatoms. The van der Waals surface area contributed by atoms with E-state index in [1.807, 2.05) is 18.3 Å². The van der Waals surface area contributed by atoms with Gasteiger partial charge in [0.25, 0.3) is 0 Å². The minimum Gasteiger partial charge on any atom is -0.364 e. The van der Waals surface area contributed by atoms with Gasteiger partial charge in [0.1, 0.15) is 5.82 Å². The maximum absolute atomic E-state index is 4.34. The highest BCUT2D eigenvalue weighted by Gasteiger charge is 2.02.